The van der Waals surface area contributed by atoms with Crippen molar-refractivity contribution < 1.29 is 63.3 Å². The average molecular weight is 630 g/mol. The third kappa shape index (κ3) is 6.90. The van der Waals surface area contributed by atoms with Gasteiger partial charge in [-0.2, -0.15) is 26.3 Å². The van der Waals surface area contributed by atoms with Crippen molar-refractivity contribution in [2.75, 3.05) is 10.8 Å². The molecule has 0 saturated carbocycles. The fourth-order valence-corrected chi connectivity index (χ4v) is 5.54. The van der Waals surface area contributed by atoms with Gasteiger partial charge in [0.05, 0.1) is 34.5 Å². The maximum atomic E-state index is 13.9. The Morgan fingerprint density at radius 2 is 1.64 bits per heavy atom. The Hall–Kier alpha value is -3.56. The van der Waals surface area contributed by atoms with Crippen LogP contribution in [0.1, 0.15) is 45.2 Å². The zero-order chi connectivity index (χ0) is 32.1. The first-order valence-electron chi connectivity index (χ1n) is 12.2. The summed E-state index contributed by atoms with van der Waals surface area (Å²) >= 11 is 0. The van der Waals surface area contributed by atoms with E-state index in [-0.39, 0.29) is 29.5 Å². The lowest BCUT2D eigenvalue weighted by Crippen LogP contribution is -2.46. The van der Waals surface area contributed by atoms with Crippen LogP contribution in [-0.4, -0.2) is 49.9 Å². The van der Waals surface area contributed by atoms with Crippen LogP contribution in [0.3, 0.4) is 0 Å². The molecule has 8 nitrogen and oxygen atoms in total. The lowest BCUT2D eigenvalue weighted by molar-refractivity contribution is -0.257. The molecule has 232 valence electrons. The number of fused-ring (bicyclic) bond motifs is 1. The maximum Gasteiger partial charge on any atom is 0.427 e. The van der Waals surface area contributed by atoms with Gasteiger partial charge in [-0.1, -0.05) is 6.07 Å². The van der Waals surface area contributed by atoms with Gasteiger partial charge in [0.1, 0.15) is 17.7 Å². The number of carbonyl (C=O) groups is 2. The molecule has 3 rings (SSSR count). The van der Waals surface area contributed by atoms with Crippen molar-refractivity contribution in [3.8, 4) is 5.75 Å². The summed E-state index contributed by atoms with van der Waals surface area (Å²) in [7, 11) is -4.90. The number of carboxylic acids is 1. The minimum absolute atomic E-state index is 0.0278. The predicted octanol–water partition coefficient (Wildman–Crippen LogP) is 5.73. The number of ether oxygens (including phenoxy) is 2. The van der Waals surface area contributed by atoms with Crippen molar-refractivity contribution in [3.63, 3.8) is 0 Å². The van der Waals surface area contributed by atoms with E-state index in [1.807, 2.05) is 0 Å². The van der Waals surface area contributed by atoms with Crippen LogP contribution in [0.2, 0.25) is 0 Å². The Morgan fingerprint density at radius 3 is 2.19 bits per heavy atom. The Bertz CT molecular complexity index is 1480. The maximum absolute atomic E-state index is 13.9. The molecule has 1 atom stereocenters. The number of halogens is 7. The highest BCUT2D eigenvalue weighted by atomic mass is 32.2. The van der Waals surface area contributed by atoms with Crippen molar-refractivity contribution in [1.29, 1.82) is 0 Å². The topological polar surface area (TPSA) is 110 Å². The summed E-state index contributed by atoms with van der Waals surface area (Å²) in [6, 6.07) is 4.54. The lowest BCUT2D eigenvalue weighted by Gasteiger charge is -2.38. The highest BCUT2D eigenvalue weighted by molar-refractivity contribution is 7.92. The largest absolute Gasteiger partial charge is 0.486 e. The standard InChI is InChI=1S/C26H26F7NO7S/c1-23(2,22(36)37)12-15-13-34(42(38,39)16-6-7-18(27)17(11-16)25(28,29)30)19-9-14(5-8-20(19)40-15)10-21(35)41-24(3,4)26(31,32)33/h5-9,11,15H,10,12-13H2,1-4H3,(H,36,37)/t15-/m1/s1. The average Bonchev–Trinajstić information content (AvgIpc) is 2.81. The molecule has 0 bridgehead atoms. The summed E-state index contributed by atoms with van der Waals surface area (Å²) in [5.74, 6) is -4.43. The molecule has 2 aromatic carbocycles. The molecule has 1 N–H and O–H groups in total. The van der Waals surface area contributed by atoms with Gasteiger partial charge in [-0.25, -0.2) is 12.8 Å². The number of anilines is 1. The molecule has 42 heavy (non-hydrogen) atoms. The van der Waals surface area contributed by atoms with E-state index in [4.69, 9.17) is 4.74 Å². The van der Waals surface area contributed by atoms with Crippen molar-refractivity contribution in [2.24, 2.45) is 5.41 Å². The van der Waals surface area contributed by atoms with E-state index in [1.165, 1.54) is 26.0 Å². The Morgan fingerprint density at radius 1 is 1.02 bits per heavy atom. The molecule has 0 amide bonds. The number of hydrogen-bond donors (Lipinski definition) is 1. The summed E-state index contributed by atoms with van der Waals surface area (Å²) in [5.41, 5.74) is -6.42. The summed E-state index contributed by atoms with van der Waals surface area (Å²) < 4.78 is 132. The second-order valence-electron chi connectivity index (χ2n) is 10.8. The predicted molar refractivity (Wildman–Crippen MR) is 133 cm³/mol. The summed E-state index contributed by atoms with van der Waals surface area (Å²) in [6.45, 7) is 3.37. The fraction of sp³-hybridized carbons (Fsp3) is 0.462. The summed E-state index contributed by atoms with van der Waals surface area (Å²) in [5, 5.41) is 9.51. The number of carboxylic acid groups (broad SMARTS) is 1. The first-order chi connectivity index (χ1) is 19.0. The third-order valence-corrected chi connectivity index (χ3v) is 8.28. The molecule has 16 heteroatoms. The van der Waals surface area contributed by atoms with E-state index >= 15 is 0 Å². The zero-order valence-electron chi connectivity index (χ0n) is 22.6. The number of carbonyl (C=O) groups excluding carboxylic acids is 1. The zero-order valence-corrected chi connectivity index (χ0v) is 23.4. The van der Waals surface area contributed by atoms with Crippen LogP contribution in [0.5, 0.6) is 5.75 Å². The van der Waals surface area contributed by atoms with E-state index < -0.39 is 80.7 Å². The van der Waals surface area contributed by atoms with Crippen molar-refractivity contribution in [2.45, 2.75) is 69.5 Å². The van der Waals surface area contributed by atoms with E-state index in [0.29, 0.717) is 30.3 Å². The van der Waals surface area contributed by atoms with Crippen LogP contribution in [0, 0.1) is 11.2 Å². The summed E-state index contributed by atoms with van der Waals surface area (Å²) in [4.78, 5) is 23.0. The number of rotatable bonds is 8. The Balaban J connectivity index is 2.07. The van der Waals surface area contributed by atoms with Crippen LogP contribution in [0.25, 0.3) is 0 Å². The summed E-state index contributed by atoms with van der Waals surface area (Å²) in [6.07, 6.45) is -12.2. The Labute approximate surface area is 236 Å². The molecular weight excluding hydrogens is 603 g/mol. The van der Waals surface area contributed by atoms with Gasteiger partial charge in [0.15, 0.2) is 0 Å². The van der Waals surface area contributed by atoms with Gasteiger partial charge in [-0.3, -0.25) is 13.9 Å². The number of aliphatic carboxylic acids is 1. The van der Waals surface area contributed by atoms with Gasteiger partial charge in [0, 0.05) is 6.42 Å². The van der Waals surface area contributed by atoms with Gasteiger partial charge >= 0.3 is 24.3 Å². The second-order valence-corrected chi connectivity index (χ2v) is 12.6. The van der Waals surface area contributed by atoms with Gasteiger partial charge in [-0.15, -0.1) is 0 Å². The third-order valence-electron chi connectivity index (χ3n) is 6.50. The van der Waals surface area contributed by atoms with Crippen molar-refractivity contribution >= 4 is 27.6 Å². The number of nitrogens with zero attached hydrogens (tertiary/aromatic N) is 1. The highest BCUT2D eigenvalue weighted by Crippen LogP contribution is 2.41. The van der Waals surface area contributed by atoms with Crippen LogP contribution in [0.15, 0.2) is 41.3 Å². The molecule has 0 saturated heterocycles. The number of sulfonamides is 1. The molecule has 0 radical (unpaired) electrons. The quantitative estimate of drug-likeness (QED) is 0.294. The SMILES string of the molecule is CC(C)(C[C@@H]1CN(S(=O)(=O)c2ccc(F)c(C(F)(F)F)c2)c2cc(CC(=O)OC(C)(C)C(F)(F)F)ccc2O1)C(=O)O. The second kappa shape index (κ2) is 10.9. The molecule has 0 unspecified atom stereocenters. The number of alkyl halides is 6. The fourth-order valence-electron chi connectivity index (χ4n) is 4.01. The molecule has 0 aliphatic carbocycles. The normalized spacial score (nSPS) is 16.5. The molecule has 1 aliphatic rings. The van der Waals surface area contributed by atoms with Crippen LogP contribution < -0.4 is 9.04 Å². The Kier molecular flexibility index (Phi) is 8.58. The molecule has 2 aromatic rings. The van der Waals surface area contributed by atoms with E-state index in [9.17, 15) is 53.8 Å². The van der Waals surface area contributed by atoms with E-state index in [1.54, 1.807) is 0 Å². The lowest BCUT2D eigenvalue weighted by atomic mass is 9.86. The van der Waals surface area contributed by atoms with E-state index in [0.717, 1.165) is 6.07 Å². The minimum Gasteiger partial charge on any atom is -0.486 e. The first kappa shape index (κ1) is 32.9. The highest BCUT2D eigenvalue weighted by Gasteiger charge is 2.51. The number of esters is 1. The van der Waals surface area contributed by atoms with Gasteiger partial charge in [0.2, 0.25) is 5.60 Å². The van der Waals surface area contributed by atoms with Crippen LogP contribution in [0.4, 0.5) is 36.4 Å². The molecule has 0 aromatic heterocycles. The molecular formula is C26H26F7NO7S. The van der Waals surface area contributed by atoms with Gasteiger partial charge in [0.25, 0.3) is 10.0 Å². The molecule has 0 fully saturated rings. The first-order valence-corrected chi connectivity index (χ1v) is 13.6. The van der Waals surface area contributed by atoms with Crippen molar-refractivity contribution in [1.82, 2.24) is 0 Å². The van der Waals surface area contributed by atoms with Crippen molar-refractivity contribution in [3.05, 3.63) is 53.3 Å². The van der Waals surface area contributed by atoms with Crippen LogP contribution >= 0.6 is 0 Å². The van der Waals surface area contributed by atoms with Crippen LogP contribution in [-0.2, 0) is 36.9 Å². The molecule has 1 heterocycles. The number of benzene rings is 2. The molecule has 0 spiro atoms. The molecule has 1 aliphatic heterocycles. The number of hydrogen-bond acceptors (Lipinski definition) is 6. The minimum atomic E-state index is -5.23. The van der Waals surface area contributed by atoms with E-state index in [2.05, 4.69) is 4.74 Å². The monoisotopic (exact) mass is 629 g/mol. The van der Waals surface area contributed by atoms with Gasteiger partial charge < -0.3 is 14.6 Å². The smallest absolute Gasteiger partial charge is 0.427 e. The van der Waals surface area contributed by atoms with Gasteiger partial charge in [-0.05, 0) is 63.6 Å².